The third-order valence-corrected chi connectivity index (χ3v) is 4.35. The van der Waals surface area contributed by atoms with E-state index in [-0.39, 0.29) is 25.5 Å². The van der Waals surface area contributed by atoms with Crippen molar-refractivity contribution < 1.29 is 19.1 Å². The molecule has 6 heteroatoms. The number of benzene rings is 1. The van der Waals surface area contributed by atoms with Crippen LogP contribution in [0.4, 0.5) is 5.69 Å². The SMILES string of the molecule is C/C=C1\CN2C(=O)c3ccccc3NC(=O)C2(C(=O)OCC)C1. The third kappa shape index (κ3) is 2.13. The van der Waals surface area contributed by atoms with Crippen molar-refractivity contribution >= 4 is 23.5 Å². The fourth-order valence-electron chi connectivity index (χ4n) is 3.13. The van der Waals surface area contributed by atoms with Gasteiger partial charge < -0.3 is 15.0 Å². The summed E-state index contributed by atoms with van der Waals surface area (Å²) in [6, 6.07) is 6.76. The standard InChI is InChI=1S/C17H18N2O4/c1-3-11-9-17(16(22)23-4-2)15(21)18-13-8-6-5-7-12(13)14(20)19(17)10-11/h3,5-8H,4,9-10H2,1-2H3,(H,18,21)/b11-3-. The topological polar surface area (TPSA) is 75.7 Å². The van der Waals surface area contributed by atoms with E-state index in [0.29, 0.717) is 11.3 Å². The van der Waals surface area contributed by atoms with Gasteiger partial charge in [0.1, 0.15) is 0 Å². The first kappa shape index (κ1) is 15.3. The van der Waals surface area contributed by atoms with Crippen molar-refractivity contribution in [3.63, 3.8) is 0 Å². The quantitative estimate of drug-likeness (QED) is 0.512. The van der Waals surface area contributed by atoms with Gasteiger partial charge >= 0.3 is 5.97 Å². The van der Waals surface area contributed by atoms with Crippen LogP contribution in [0.25, 0.3) is 0 Å². The number of nitrogens with one attached hydrogen (secondary N) is 1. The van der Waals surface area contributed by atoms with E-state index in [0.717, 1.165) is 5.57 Å². The van der Waals surface area contributed by atoms with E-state index in [1.54, 1.807) is 31.2 Å². The molecule has 2 aliphatic rings. The molecule has 3 rings (SSSR count). The van der Waals surface area contributed by atoms with Crippen LogP contribution in [0.15, 0.2) is 35.9 Å². The van der Waals surface area contributed by atoms with Crippen LogP contribution in [0.3, 0.4) is 0 Å². The first-order chi connectivity index (χ1) is 11.0. The van der Waals surface area contributed by atoms with Crippen molar-refractivity contribution in [3.05, 3.63) is 41.5 Å². The van der Waals surface area contributed by atoms with Gasteiger partial charge in [-0.2, -0.15) is 0 Å². The van der Waals surface area contributed by atoms with Crippen molar-refractivity contribution in [1.29, 1.82) is 0 Å². The van der Waals surface area contributed by atoms with Gasteiger partial charge in [0.05, 0.1) is 17.9 Å². The summed E-state index contributed by atoms with van der Waals surface area (Å²) in [4.78, 5) is 39.8. The molecule has 1 aromatic carbocycles. The van der Waals surface area contributed by atoms with E-state index >= 15 is 0 Å². The lowest BCUT2D eigenvalue weighted by molar-refractivity contribution is -0.158. The Bertz CT molecular complexity index is 725. The molecule has 1 atom stereocenters. The molecular formula is C17H18N2O4. The van der Waals surface area contributed by atoms with Crippen LogP contribution in [0, 0.1) is 0 Å². The minimum absolute atomic E-state index is 0.147. The van der Waals surface area contributed by atoms with Crippen LogP contribution < -0.4 is 5.32 Å². The van der Waals surface area contributed by atoms with Gasteiger partial charge in [-0.05, 0) is 26.0 Å². The number of rotatable bonds is 2. The van der Waals surface area contributed by atoms with E-state index in [9.17, 15) is 14.4 Å². The molecule has 0 radical (unpaired) electrons. The predicted octanol–water partition coefficient (Wildman–Crippen LogP) is 1.73. The van der Waals surface area contributed by atoms with Crippen molar-refractivity contribution in [2.45, 2.75) is 25.8 Å². The first-order valence-electron chi connectivity index (χ1n) is 7.58. The zero-order valence-electron chi connectivity index (χ0n) is 13.1. The molecule has 2 amide bonds. The summed E-state index contributed by atoms with van der Waals surface area (Å²) in [6.07, 6.45) is 2.00. The van der Waals surface area contributed by atoms with E-state index in [1.165, 1.54) is 4.90 Å². The minimum atomic E-state index is -1.63. The highest BCUT2D eigenvalue weighted by molar-refractivity contribution is 6.21. The second-order valence-corrected chi connectivity index (χ2v) is 5.60. The fourth-order valence-corrected chi connectivity index (χ4v) is 3.13. The molecule has 1 aromatic rings. The van der Waals surface area contributed by atoms with Gasteiger partial charge in [-0.25, -0.2) is 4.79 Å². The van der Waals surface area contributed by atoms with Crippen molar-refractivity contribution in [2.75, 3.05) is 18.5 Å². The Kier molecular flexibility index (Phi) is 3.67. The Morgan fingerprint density at radius 2 is 2.13 bits per heavy atom. The molecule has 2 aliphatic heterocycles. The summed E-state index contributed by atoms with van der Waals surface area (Å²) in [6.45, 7) is 3.90. The molecule has 0 spiro atoms. The average Bonchev–Trinajstić information content (AvgIpc) is 2.92. The number of nitrogens with zero attached hydrogens (tertiary/aromatic N) is 1. The third-order valence-electron chi connectivity index (χ3n) is 4.35. The summed E-state index contributed by atoms with van der Waals surface area (Å²) < 4.78 is 5.13. The number of fused-ring (bicyclic) bond motifs is 2. The second-order valence-electron chi connectivity index (χ2n) is 5.60. The molecule has 6 nitrogen and oxygen atoms in total. The van der Waals surface area contributed by atoms with Crippen LogP contribution in [0.5, 0.6) is 0 Å². The number of carbonyl (C=O) groups excluding carboxylic acids is 3. The molecule has 1 saturated heterocycles. The Hall–Kier alpha value is -2.63. The molecule has 120 valence electrons. The molecule has 23 heavy (non-hydrogen) atoms. The molecule has 1 fully saturated rings. The van der Waals surface area contributed by atoms with Crippen LogP contribution in [-0.2, 0) is 14.3 Å². The lowest BCUT2D eigenvalue weighted by Crippen LogP contribution is -2.59. The van der Waals surface area contributed by atoms with Gasteiger partial charge in [-0.1, -0.05) is 23.8 Å². The lowest BCUT2D eigenvalue weighted by atomic mass is 9.93. The number of amides is 2. The van der Waals surface area contributed by atoms with E-state index in [4.69, 9.17) is 4.74 Å². The van der Waals surface area contributed by atoms with E-state index in [2.05, 4.69) is 5.32 Å². The van der Waals surface area contributed by atoms with Gasteiger partial charge in [0, 0.05) is 13.0 Å². The zero-order valence-corrected chi connectivity index (χ0v) is 13.1. The maximum absolute atomic E-state index is 12.9. The number of allylic oxidation sites excluding steroid dienone is 1. The smallest absolute Gasteiger partial charge is 0.342 e. The van der Waals surface area contributed by atoms with Crippen molar-refractivity contribution in [1.82, 2.24) is 4.90 Å². The summed E-state index contributed by atoms with van der Waals surface area (Å²) in [5, 5.41) is 2.72. The van der Waals surface area contributed by atoms with Crippen LogP contribution >= 0.6 is 0 Å². The summed E-state index contributed by atoms with van der Waals surface area (Å²) in [7, 11) is 0. The fraction of sp³-hybridized carbons (Fsp3) is 0.353. The number of hydrogen-bond donors (Lipinski definition) is 1. The second kappa shape index (κ2) is 5.53. The molecule has 0 saturated carbocycles. The maximum atomic E-state index is 12.9. The van der Waals surface area contributed by atoms with Gasteiger partial charge in [0.15, 0.2) is 0 Å². The summed E-state index contributed by atoms with van der Waals surface area (Å²) in [5.41, 5.74) is 0.0291. The highest BCUT2D eigenvalue weighted by atomic mass is 16.5. The maximum Gasteiger partial charge on any atom is 0.342 e. The van der Waals surface area contributed by atoms with Crippen LogP contribution in [0.2, 0.25) is 0 Å². The molecule has 0 aliphatic carbocycles. The zero-order chi connectivity index (χ0) is 16.6. The highest BCUT2D eigenvalue weighted by Gasteiger charge is 2.59. The van der Waals surface area contributed by atoms with E-state index in [1.807, 2.05) is 13.0 Å². The largest absolute Gasteiger partial charge is 0.464 e. The van der Waals surface area contributed by atoms with Gasteiger partial charge in [0.25, 0.3) is 11.8 Å². The van der Waals surface area contributed by atoms with Crippen LogP contribution in [0.1, 0.15) is 30.6 Å². The molecule has 1 N–H and O–H groups in total. The molecular weight excluding hydrogens is 296 g/mol. The number of ether oxygens (including phenoxy) is 1. The van der Waals surface area contributed by atoms with E-state index < -0.39 is 17.4 Å². The lowest BCUT2D eigenvalue weighted by Gasteiger charge is -2.31. The summed E-state index contributed by atoms with van der Waals surface area (Å²) in [5.74, 6) is -1.55. The molecule has 1 unspecified atom stereocenters. The van der Waals surface area contributed by atoms with Crippen LogP contribution in [-0.4, -0.2) is 41.4 Å². The summed E-state index contributed by atoms with van der Waals surface area (Å²) >= 11 is 0. The van der Waals surface area contributed by atoms with Crippen molar-refractivity contribution in [2.24, 2.45) is 0 Å². The minimum Gasteiger partial charge on any atom is -0.464 e. The molecule has 2 heterocycles. The van der Waals surface area contributed by atoms with Crippen molar-refractivity contribution in [3.8, 4) is 0 Å². The number of carbonyl (C=O) groups is 3. The number of hydrogen-bond acceptors (Lipinski definition) is 4. The van der Waals surface area contributed by atoms with Gasteiger partial charge in [-0.3, -0.25) is 9.59 Å². The Balaban J connectivity index is 2.17. The number of para-hydroxylation sites is 1. The predicted molar refractivity (Wildman–Crippen MR) is 83.8 cm³/mol. The molecule has 0 bridgehead atoms. The number of esters is 1. The monoisotopic (exact) mass is 314 g/mol. The van der Waals surface area contributed by atoms with Gasteiger partial charge in [-0.15, -0.1) is 0 Å². The first-order valence-corrected chi connectivity index (χ1v) is 7.58. The average molecular weight is 314 g/mol. The Morgan fingerprint density at radius 1 is 1.39 bits per heavy atom. The van der Waals surface area contributed by atoms with Gasteiger partial charge in [0.2, 0.25) is 5.54 Å². The Labute approximate surface area is 134 Å². The highest BCUT2D eigenvalue weighted by Crippen LogP contribution is 2.39. The number of anilines is 1. The normalized spacial score (nSPS) is 24.8. The Morgan fingerprint density at radius 3 is 2.83 bits per heavy atom. The molecule has 0 aromatic heterocycles.